The molecule has 4 rings (SSSR count). The third-order valence-electron chi connectivity index (χ3n) is 5.19. The maximum Gasteiger partial charge on any atom is 0.417 e. The Hall–Kier alpha value is -3.25. The largest absolute Gasteiger partial charge is 0.417 e. The molecular formula is C22H22F3N5O3S. The van der Waals surface area contributed by atoms with Crippen molar-refractivity contribution in [3.05, 3.63) is 65.6 Å². The Bertz CT molecular complexity index is 1310. The van der Waals surface area contributed by atoms with Crippen LogP contribution in [-0.2, 0) is 16.2 Å². The standard InChI is InChI=1S/C22H22F3N5O3S/c1-13(2)20-18(12-27-30(20)19-9-6-14(11-26-19)22(23,24)25)21(31)28-16-4-3-5-17(10-16)34(32,33)29-15-7-8-15/h3-6,9-13,15,29H,7-8H2,1-2H3,(H,28,31). The smallest absolute Gasteiger partial charge is 0.322 e. The summed E-state index contributed by atoms with van der Waals surface area (Å²) in [5.74, 6) is -0.622. The summed E-state index contributed by atoms with van der Waals surface area (Å²) in [6.45, 7) is 3.62. The Balaban J connectivity index is 1.60. The molecule has 8 nitrogen and oxygen atoms in total. The van der Waals surface area contributed by atoms with Crippen molar-refractivity contribution >= 4 is 21.6 Å². The molecule has 3 aromatic rings. The minimum atomic E-state index is -4.52. The highest BCUT2D eigenvalue weighted by Crippen LogP contribution is 2.30. The van der Waals surface area contributed by atoms with E-state index in [4.69, 9.17) is 0 Å². The third-order valence-corrected chi connectivity index (χ3v) is 6.71. The van der Waals surface area contributed by atoms with Gasteiger partial charge in [0.2, 0.25) is 10.0 Å². The summed E-state index contributed by atoms with van der Waals surface area (Å²) in [4.78, 5) is 16.9. The van der Waals surface area contributed by atoms with Gasteiger partial charge in [0.15, 0.2) is 5.82 Å². The number of aromatic nitrogens is 3. The number of benzene rings is 1. The Morgan fingerprint density at radius 2 is 1.88 bits per heavy atom. The van der Waals surface area contributed by atoms with Crippen molar-refractivity contribution in [2.45, 2.75) is 49.7 Å². The maximum absolute atomic E-state index is 13.0. The van der Waals surface area contributed by atoms with Gasteiger partial charge in [-0.1, -0.05) is 19.9 Å². The molecule has 0 spiro atoms. The lowest BCUT2D eigenvalue weighted by atomic mass is 10.1. The summed E-state index contributed by atoms with van der Waals surface area (Å²) >= 11 is 0. The molecule has 2 heterocycles. The number of carbonyl (C=O) groups is 1. The molecule has 2 N–H and O–H groups in total. The van der Waals surface area contributed by atoms with Crippen molar-refractivity contribution in [1.29, 1.82) is 0 Å². The monoisotopic (exact) mass is 493 g/mol. The summed E-state index contributed by atoms with van der Waals surface area (Å²) in [5, 5.41) is 6.84. The molecular weight excluding hydrogens is 471 g/mol. The second-order valence-corrected chi connectivity index (χ2v) is 10.0. The van der Waals surface area contributed by atoms with E-state index in [9.17, 15) is 26.4 Å². The van der Waals surface area contributed by atoms with Gasteiger partial charge in [-0.15, -0.1) is 0 Å². The average Bonchev–Trinajstić information content (AvgIpc) is 3.45. The van der Waals surface area contributed by atoms with Crippen LogP contribution in [0.4, 0.5) is 18.9 Å². The van der Waals surface area contributed by atoms with Gasteiger partial charge in [-0.25, -0.2) is 22.8 Å². The van der Waals surface area contributed by atoms with Gasteiger partial charge in [0.25, 0.3) is 5.91 Å². The van der Waals surface area contributed by atoms with Gasteiger partial charge in [0.05, 0.1) is 27.9 Å². The zero-order valence-electron chi connectivity index (χ0n) is 18.3. The summed E-state index contributed by atoms with van der Waals surface area (Å²) in [6, 6.07) is 7.91. The molecule has 0 radical (unpaired) electrons. The van der Waals surface area contributed by atoms with Gasteiger partial charge in [0.1, 0.15) is 0 Å². The number of pyridine rings is 1. The van der Waals surface area contributed by atoms with E-state index in [0.717, 1.165) is 18.9 Å². The van der Waals surface area contributed by atoms with E-state index in [2.05, 4.69) is 20.1 Å². The minimum Gasteiger partial charge on any atom is -0.322 e. The van der Waals surface area contributed by atoms with Crippen LogP contribution in [0.25, 0.3) is 5.82 Å². The number of carbonyl (C=O) groups excluding carboxylic acids is 1. The van der Waals surface area contributed by atoms with Crippen LogP contribution >= 0.6 is 0 Å². The average molecular weight is 494 g/mol. The summed E-state index contributed by atoms with van der Waals surface area (Å²) in [6.07, 6.45) is -0.906. The van der Waals surface area contributed by atoms with E-state index >= 15 is 0 Å². The number of alkyl halides is 3. The van der Waals surface area contributed by atoms with E-state index in [1.807, 2.05) is 13.8 Å². The number of hydrogen-bond acceptors (Lipinski definition) is 5. The van der Waals surface area contributed by atoms with Crippen LogP contribution in [-0.4, -0.2) is 35.1 Å². The quantitative estimate of drug-likeness (QED) is 0.516. The van der Waals surface area contributed by atoms with Gasteiger partial charge in [-0.3, -0.25) is 4.79 Å². The molecule has 0 atom stereocenters. The molecule has 12 heteroatoms. The zero-order valence-corrected chi connectivity index (χ0v) is 19.1. The van der Waals surface area contributed by atoms with Gasteiger partial charge in [0, 0.05) is 17.9 Å². The van der Waals surface area contributed by atoms with E-state index in [1.54, 1.807) is 6.07 Å². The van der Waals surface area contributed by atoms with Crippen molar-refractivity contribution in [1.82, 2.24) is 19.5 Å². The highest BCUT2D eigenvalue weighted by atomic mass is 32.2. The van der Waals surface area contributed by atoms with Crippen LogP contribution in [0.5, 0.6) is 0 Å². The number of halogens is 3. The van der Waals surface area contributed by atoms with Crippen molar-refractivity contribution in [3.8, 4) is 5.82 Å². The van der Waals surface area contributed by atoms with Gasteiger partial charge < -0.3 is 5.32 Å². The molecule has 1 aromatic carbocycles. The predicted molar refractivity (Wildman–Crippen MR) is 118 cm³/mol. The molecule has 1 aliphatic rings. The molecule has 1 aliphatic carbocycles. The Morgan fingerprint density at radius 3 is 2.47 bits per heavy atom. The number of hydrogen-bond donors (Lipinski definition) is 2. The summed E-state index contributed by atoms with van der Waals surface area (Å²) in [5.41, 5.74) is 0.0299. The number of rotatable bonds is 7. The number of anilines is 1. The highest BCUT2D eigenvalue weighted by molar-refractivity contribution is 7.89. The SMILES string of the molecule is CC(C)c1c(C(=O)Nc2cccc(S(=O)(=O)NC3CC3)c2)cnn1-c1ccc(C(F)(F)F)cn1. The Kier molecular flexibility index (Phi) is 6.21. The van der Waals surface area contributed by atoms with Crippen molar-refractivity contribution in [2.24, 2.45) is 0 Å². The minimum absolute atomic E-state index is 0.0333. The van der Waals surface area contributed by atoms with Gasteiger partial charge in [-0.2, -0.15) is 18.3 Å². The molecule has 0 saturated heterocycles. The van der Waals surface area contributed by atoms with Crippen LogP contribution in [0.2, 0.25) is 0 Å². The second kappa shape index (κ2) is 8.84. The van der Waals surface area contributed by atoms with Gasteiger partial charge >= 0.3 is 6.18 Å². The van der Waals surface area contributed by atoms with E-state index < -0.39 is 27.7 Å². The lowest BCUT2D eigenvalue weighted by Crippen LogP contribution is -2.25. The predicted octanol–water partition coefficient (Wildman–Crippen LogP) is 4.10. The van der Waals surface area contributed by atoms with Crippen molar-refractivity contribution in [2.75, 3.05) is 5.32 Å². The molecule has 0 unspecified atom stereocenters. The van der Waals surface area contributed by atoms with E-state index in [1.165, 1.54) is 35.1 Å². The molecule has 1 saturated carbocycles. The molecule has 2 aromatic heterocycles. The summed E-state index contributed by atoms with van der Waals surface area (Å²) in [7, 11) is -3.69. The fourth-order valence-corrected chi connectivity index (χ4v) is 4.73. The molecule has 180 valence electrons. The fraction of sp³-hybridized carbons (Fsp3) is 0.318. The number of nitrogens with one attached hydrogen (secondary N) is 2. The normalized spacial score (nSPS) is 14.4. The molecule has 34 heavy (non-hydrogen) atoms. The molecule has 1 amide bonds. The molecule has 0 aliphatic heterocycles. The first kappa shape index (κ1) is 23.9. The topological polar surface area (TPSA) is 106 Å². The van der Waals surface area contributed by atoms with Crippen molar-refractivity contribution in [3.63, 3.8) is 0 Å². The Labute approximate surface area is 194 Å². The van der Waals surface area contributed by atoms with E-state index in [-0.39, 0.29) is 33.9 Å². The van der Waals surface area contributed by atoms with Crippen LogP contribution in [0.1, 0.15) is 54.2 Å². The number of sulfonamides is 1. The van der Waals surface area contributed by atoms with Gasteiger partial charge in [-0.05, 0) is 49.1 Å². The first-order valence-corrected chi connectivity index (χ1v) is 12.0. The van der Waals surface area contributed by atoms with Crippen molar-refractivity contribution < 1.29 is 26.4 Å². The molecule has 1 fully saturated rings. The summed E-state index contributed by atoms with van der Waals surface area (Å²) < 4.78 is 67.4. The molecule has 0 bridgehead atoms. The first-order chi connectivity index (χ1) is 16.0. The third kappa shape index (κ3) is 5.12. The lowest BCUT2D eigenvalue weighted by Gasteiger charge is -2.13. The number of nitrogens with zero attached hydrogens (tertiary/aromatic N) is 3. The maximum atomic E-state index is 13.0. The van der Waals surface area contributed by atoms with Crippen LogP contribution in [0, 0.1) is 0 Å². The lowest BCUT2D eigenvalue weighted by molar-refractivity contribution is -0.137. The first-order valence-electron chi connectivity index (χ1n) is 10.5. The van der Waals surface area contributed by atoms with E-state index in [0.29, 0.717) is 11.9 Å². The van der Waals surface area contributed by atoms with Crippen LogP contribution in [0.15, 0.2) is 53.7 Å². The fourth-order valence-electron chi connectivity index (χ4n) is 3.38. The van der Waals surface area contributed by atoms with Crippen LogP contribution < -0.4 is 10.0 Å². The Morgan fingerprint density at radius 1 is 1.15 bits per heavy atom. The van der Waals surface area contributed by atoms with Crippen LogP contribution in [0.3, 0.4) is 0 Å². The number of amides is 1. The second-order valence-electron chi connectivity index (χ2n) is 8.29. The zero-order chi connectivity index (χ0) is 24.7. The highest BCUT2D eigenvalue weighted by Gasteiger charge is 2.31.